The highest BCUT2D eigenvalue weighted by atomic mass is 16.1. The van der Waals surface area contributed by atoms with Crippen LogP contribution in [0.1, 0.15) is 43.6 Å². The van der Waals surface area contributed by atoms with Crippen LogP contribution in [0.3, 0.4) is 0 Å². The Labute approximate surface area is 114 Å². The summed E-state index contributed by atoms with van der Waals surface area (Å²) in [6.07, 6.45) is 4.84. The molecule has 1 aromatic heterocycles. The van der Waals surface area contributed by atoms with E-state index in [2.05, 4.69) is 29.6 Å². The van der Waals surface area contributed by atoms with Gasteiger partial charge in [0.05, 0.1) is 11.9 Å². The van der Waals surface area contributed by atoms with Crippen molar-refractivity contribution in [2.24, 2.45) is 17.7 Å². The number of nitrogens with zero attached hydrogens (tertiary/aromatic N) is 1. The van der Waals surface area contributed by atoms with Gasteiger partial charge in [-0.2, -0.15) is 0 Å². The summed E-state index contributed by atoms with van der Waals surface area (Å²) in [5.74, 6) is 6.58. The van der Waals surface area contributed by atoms with Gasteiger partial charge in [-0.15, -0.1) is 0 Å². The Morgan fingerprint density at radius 2 is 2.11 bits per heavy atom. The van der Waals surface area contributed by atoms with Crippen molar-refractivity contribution in [2.75, 3.05) is 5.43 Å². The fourth-order valence-corrected chi connectivity index (χ4v) is 2.55. The maximum atomic E-state index is 12.1. The van der Waals surface area contributed by atoms with Crippen LogP contribution in [-0.4, -0.2) is 16.9 Å². The molecule has 0 radical (unpaired) electrons. The Balaban J connectivity index is 1.93. The predicted octanol–water partition coefficient (Wildman–Crippen LogP) is 1.92. The Bertz CT molecular complexity index is 432. The van der Waals surface area contributed by atoms with Gasteiger partial charge in [0, 0.05) is 6.04 Å². The minimum atomic E-state index is -0.102. The molecule has 1 saturated carbocycles. The highest BCUT2D eigenvalue weighted by Crippen LogP contribution is 2.29. The molecule has 0 aliphatic heterocycles. The number of hydrogen-bond acceptors (Lipinski definition) is 4. The molecule has 0 bridgehead atoms. The number of carbonyl (C=O) groups excluding carboxylic acids is 1. The second kappa shape index (κ2) is 6.02. The Hall–Kier alpha value is -1.62. The minimum Gasteiger partial charge on any atom is -0.348 e. The van der Waals surface area contributed by atoms with E-state index in [0.29, 0.717) is 17.3 Å². The topological polar surface area (TPSA) is 80.0 Å². The second-order valence-corrected chi connectivity index (χ2v) is 5.51. The van der Waals surface area contributed by atoms with Crippen LogP contribution >= 0.6 is 0 Å². The summed E-state index contributed by atoms with van der Waals surface area (Å²) >= 11 is 0. The van der Waals surface area contributed by atoms with Crippen molar-refractivity contribution in [3.05, 3.63) is 24.0 Å². The largest absolute Gasteiger partial charge is 0.348 e. The molecule has 1 fully saturated rings. The van der Waals surface area contributed by atoms with Crippen LogP contribution in [0.4, 0.5) is 5.69 Å². The maximum Gasteiger partial charge on any atom is 0.270 e. The fourth-order valence-electron chi connectivity index (χ4n) is 2.55. The van der Waals surface area contributed by atoms with E-state index >= 15 is 0 Å². The van der Waals surface area contributed by atoms with E-state index in [1.165, 1.54) is 6.42 Å². The van der Waals surface area contributed by atoms with Crippen LogP contribution in [0.25, 0.3) is 0 Å². The van der Waals surface area contributed by atoms with E-state index in [9.17, 15) is 4.79 Å². The minimum absolute atomic E-state index is 0.102. The number of hydrazine groups is 1. The highest BCUT2D eigenvalue weighted by molar-refractivity contribution is 5.92. The summed E-state index contributed by atoms with van der Waals surface area (Å²) < 4.78 is 0. The quantitative estimate of drug-likeness (QED) is 0.574. The van der Waals surface area contributed by atoms with Gasteiger partial charge in [0.1, 0.15) is 5.69 Å². The molecule has 1 amide bonds. The van der Waals surface area contributed by atoms with Crippen molar-refractivity contribution in [1.29, 1.82) is 0 Å². The first-order chi connectivity index (χ1) is 9.10. The molecule has 0 aromatic carbocycles. The lowest BCUT2D eigenvalue weighted by atomic mass is 9.79. The molecule has 104 valence electrons. The highest BCUT2D eigenvalue weighted by Gasteiger charge is 2.25. The molecule has 1 aromatic rings. The van der Waals surface area contributed by atoms with Crippen molar-refractivity contribution >= 4 is 11.6 Å². The molecule has 3 atom stereocenters. The van der Waals surface area contributed by atoms with Crippen molar-refractivity contribution in [3.63, 3.8) is 0 Å². The van der Waals surface area contributed by atoms with Crippen LogP contribution in [0.2, 0.25) is 0 Å². The summed E-state index contributed by atoms with van der Waals surface area (Å²) in [4.78, 5) is 16.2. The number of anilines is 1. The van der Waals surface area contributed by atoms with E-state index in [0.717, 1.165) is 18.8 Å². The van der Waals surface area contributed by atoms with Crippen LogP contribution in [0, 0.1) is 11.8 Å². The van der Waals surface area contributed by atoms with Crippen LogP contribution < -0.4 is 16.6 Å². The molecule has 0 saturated heterocycles. The van der Waals surface area contributed by atoms with Gasteiger partial charge in [-0.05, 0) is 43.2 Å². The van der Waals surface area contributed by atoms with E-state index in [4.69, 9.17) is 5.84 Å². The zero-order chi connectivity index (χ0) is 13.8. The number of nitrogens with one attached hydrogen (secondary N) is 2. The predicted molar refractivity (Wildman–Crippen MR) is 75.5 cm³/mol. The van der Waals surface area contributed by atoms with E-state index in [1.807, 2.05) is 0 Å². The summed E-state index contributed by atoms with van der Waals surface area (Å²) in [5, 5.41) is 3.07. The molecule has 2 rings (SSSR count). The average Bonchev–Trinajstić information content (AvgIpc) is 2.43. The summed E-state index contributed by atoms with van der Waals surface area (Å²) in [6.45, 7) is 4.53. The van der Waals surface area contributed by atoms with Crippen molar-refractivity contribution in [1.82, 2.24) is 10.3 Å². The Morgan fingerprint density at radius 1 is 1.32 bits per heavy atom. The zero-order valence-electron chi connectivity index (χ0n) is 11.5. The lowest BCUT2D eigenvalue weighted by Crippen LogP contribution is -2.40. The molecule has 19 heavy (non-hydrogen) atoms. The number of nitrogens with two attached hydrogens (primary N) is 1. The van der Waals surface area contributed by atoms with E-state index in [1.54, 1.807) is 18.3 Å². The van der Waals surface area contributed by atoms with Gasteiger partial charge < -0.3 is 10.7 Å². The lowest BCUT2D eigenvalue weighted by molar-refractivity contribution is 0.0905. The summed E-state index contributed by atoms with van der Waals surface area (Å²) in [7, 11) is 0. The molecule has 1 aliphatic carbocycles. The van der Waals surface area contributed by atoms with E-state index in [-0.39, 0.29) is 11.9 Å². The van der Waals surface area contributed by atoms with E-state index < -0.39 is 0 Å². The van der Waals surface area contributed by atoms with Gasteiger partial charge >= 0.3 is 0 Å². The molecule has 1 aliphatic rings. The van der Waals surface area contributed by atoms with Crippen LogP contribution in [0.15, 0.2) is 18.3 Å². The van der Waals surface area contributed by atoms with Gasteiger partial charge in [-0.25, -0.2) is 4.98 Å². The van der Waals surface area contributed by atoms with Gasteiger partial charge in [0.15, 0.2) is 0 Å². The number of aromatic nitrogens is 1. The molecule has 0 spiro atoms. The molecule has 5 heteroatoms. The zero-order valence-corrected chi connectivity index (χ0v) is 11.5. The van der Waals surface area contributed by atoms with Gasteiger partial charge in [-0.1, -0.05) is 13.8 Å². The second-order valence-electron chi connectivity index (χ2n) is 5.51. The van der Waals surface area contributed by atoms with Gasteiger partial charge in [-0.3, -0.25) is 10.6 Å². The van der Waals surface area contributed by atoms with Crippen molar-refractivity contribution in [2.45, 2.75) is 39.2 Å². The number of pyridine rings is 1. The van der Waals surface area contributed by atoms with Crippen molar-refractivity contribution < 1.29 is 4.79 Å². The summed E-state index contributed by atoms with van der Waals surface area (Å²) in [5.41, 5.74) is 3.62. The first-order valence-corrected chi connectivity index (χ1v) is 6.83. The van der Waals surface area contributed by atoms with Crippen LogP contribution in [0.5, 0.6) is 0 Å². The Morgan fingerprint density at radius 3 is 2.68 bits per heavy atom. The smallest absolute Gasteiger partial charge is 0.270 e. The van der Waals surface area contributed by atoms with Gasteiger partial charge in [0.2, 0.25) is 0 Å². The normalized spacial score (nSPS) is 26.8. The third-order valence-electron chi connectivity index (χ3n) is 4.10. The molecule has 4 N–H and O–H groups in total. The average molecular weight is 262 g/mol. The summed E-state index contributed by atoms with van der Waals surface area (Å²) in [6, 6.07) is 3.69. The molecular formula is C14H22N4O. The Kier molecular flexibility index (Phi) is 4.37. The molecular weight excluding hydrogens is 240 g/mol. The SMILES string of the molecule is CC1CCC(NC(=O)c2ccc(NN)cn2)CC1C. The number of rotatable bonds is 3. The molecule has 1 heterocycles. The third kappa shape index (κ3) is 3.44. The lowest BCUT2D eigenvalue weighted by Gasteiger charge is -2.32. The molecule has 5 nitrogen and oxygen atoms in total. The first kappa shape index (κ1) is 13.8. The van der Waals surface area contributed by atoms with Crippen LogP contribution in [-0.2, 0) is 0 Å². The maximum absolute atomic E-state index is 12.1. The standard InChI is InChI=1S/C14H22N4O/c1-9-3-4-11(7-10(9)2)17-14(19)13-6-5-12(18-15)8-16-13/h5-6,8-11,18H,3-4,7,15H2,1-2H3,(H,17,19). The number of carbonyl (C=O) groups is 1. The van der Waals surface area contributed by atoms with Gasteiger partial charge in [0.25, 0.3) is 5.91 Å². The third-order valence-corrected chi connectivity index (χ3v) is 4.10. The van der Waals surface area contributed by atoms with Crippen molar-refractivity contribution in [3.8, 4) is 0 Å². The number of hydrogen-bond donors (Lipinski definition) is 3. The number of nitrogen functional groups attached to an aromatic ring is 1. The first-order valence-electron chi connectivity index (χ1n) is 6.83. The molecule has 3 unspecified atom stereocenters. The number of amides is 1. The fraction of sp³-hybridized carbons (Fsp3) is 0.571. The monoisotopic (exact) mass is 262 g/mol.